The van der Waals surface area contributed by atoms with Gasteiger partial charge in [-0.25, -0.2) is 13.1 Å². The van der Waals surface area contributed by atoms with Crippen molar-refractivity contribution in [3.8, 4) is 0 Å². The van der Waals surface area contributed by atoms with Gasteiger partial charge in [-0.15, -0.1) is 0 Å². The van der Waals surface area contributed by atoms with Crippen molar-refractivity contribution in [1.29, 1.82) is 0 Å². The molecule has 0 unspecified atom stereocenters. The molecule has 0 aliphatic rings. The number of carbonyl (C=O) groups is 1. The fraction of sp³-hybridized carbons (Fsp3) is 0.364. The first-order valence-electron chi connectivity index (χ1n) is 5.57. The molecule has 0 bridgehead atoms. The summed E-state index contributed by atoms with van der Waals surface area (Å²) in [6, 6.07) is 5.03. The molecule has 0 saturated carbocycles. The Kier molecular flexibility index (Phi) is 5.77. The van der Waals surface area contributed by atoms with Crippen LogP contribution in [0.2, 0.25) is 0 Å². The highest BCUT2D eigenvalue weighted by atomic mass is 79.9. The predicted molar refractivity (Wildman–Crippen MR) is 78.4 cm³/mol. The summed E-state index contributed by atoms with van der Waals surface area (Å²) in [4.78, 5) is 11.8. The molecule has 0 fully saturated rings. The molecular formula is C11H16BrN3O3S. The fourth-order valence-electron chi connectivity index (χ4n) is 1.37. The normalized spacial score (nSPS) is 11.3. The molecule has 0 heterocycles. The molecule has 0 atom stereocenters. The quantitative estimate of drug-likeness (QED) is 0.519. The van der Waals surface area contributed by atoms with Gasteiger partial charge in [0.05, 0.1) is 11.8 Å². The minimum atomic E-state index is -3.18. The van der Waals surface area contributed by atoms with E-state index >= 15 is 0 Å². The second kappa shape index (κ2) is 6.88. The zero-order chi connectivity index (χ0) is 14.5. The lowest BCUT2D eigenvalue weighted by Gasteiger charge is -2.08. The SMILES string of the molecule is CS(=O)(=O)NCCCNC(=O)c1cc(Br)ccc1N. The average molecular weight is 350 g/mol. The summed E-state index contributed by atoms with van der Waals surface area (Å²) in [6.07, 6.45) is 1.60. The summed E-state index contributed by atoms with van der Waals surface area (Å²) in [6.45, 7) is 0.653. The van der Waals surface area contributed by atoms with Gasteiger partial charge in [0.1, 0.15) is 0 Å². The van der Waals surface area contributed by atoms with E-state index in [2.05, 4.69) is 26.0 Å². The van der Waals surface area contributed by atoms with Crippen molar-refractivity contribution in [3.63, 3.8) is 0 Å². The minimum Gasteiger partial charge on any atom is -0.398 e. The number of halogens is 1. The Morgan fingerprint density at radius 3 is 2.68 bits per heavy atom. The highest BCUT2D eigenvalue weighted by molar-refractivity contribution is 9.10. The maximum absolute atomic E-state index is 11.8. The summed E-state index contributed by atoms with van der Waals surface area (Å²) >= 11 is 3.27. The van der Waals surface area contributed by atoms with Crippen LogP contribution < -0.4 is 15.8 Å². The molecule has 0 aliphatic heterocycles. The number of rotatable bonds is 6. The van der Waals surface area contributed by atoms with Crippen LogP contribution in [0.5, 0.6) is 0 Å². The average Bonchev–Trinajstić information content (AvgIpc) is 2.30. The molecule has 1 rings (SSSR count). The van der Waals surface area contributed by atoms with E-state index in [9.17, 15) is 13.2 Å². The Bertz CT molecular complexity index is 560. The number of hydrogen-bond donors (Lipinski definition) is 3. The van der Waals surface area contributed by atoms with Crippen molar-refractivity contribution in [1.82, 2.24) is 10.0 Å². The lowest BCUT2D eigenvalue weighted by molar-refractivity contribution is 0.0954. The number of nitrogen functional groups attached to an aromatic ring is 1. The van der Waals surface area contributed by atoms with E-state index in [1.54, 1.807) is 18.2 Å². The fourth-order valence-corrected chi connectivity index (χ4v) is 2.24. The van der Waals surface area contributed by atoms with E-state index in [-0.39, 0.29) is 12.5 Å². The van der Waals surface area contributed by atoms with Crippen molar-refractivity contribution in [2.45, 2.75) is 6.42 Å². The third kappa shape index (κ3) is 6.04. The first-order chi connectivity index (χ1) is 8.79. The summed E-state index contributed by atoms with van der Waals surface area (Å²) in [5.41, 5.74) is 6.50. The van der Waals surface area contributed by atoms with Gasteiger partial charge in [0.2, 0.25) is 10.0 Å². The molecule has 0 aromatic heterocycles. The van der Waals surface area contributed by atoms with Crippen LogP contribution in [0, 0.1) is 0 Å². The molecule has 0 spiro atoms. The zero-order valence-corrected chi connectivity index (χ0v) is 12.8. The first-order valence-corrected chi connectivity index (χ1v) is 8.26. The van der Waals surface area contributed by atoms with Gasteiger partial charge < -0.3 is 11.1 Å². The molecular weight excluding hydrogens is 334 g/mol. The number of nitrogens with one attached hydrogen (secondary N) is 2. The van der Waals surface area contributed by atoms with E-state index in [0.717, 1.165) is 10.7 Å². The third-order valence-electron chi connectivity index (χ3n) is 2.26. The highest BCUT2D eigenvalue weighted by Crippen LogP contribution is 2.18. The van der Waals surface area contributed by atoms with Gasteiger partial charge in [0.15, 0.2) is 0 Å². The van der Waals surface area contributed by atoms with Crippen LogP contribution in [0.3, 0.4) is 0 Å². The molecule has 0 radical (unpaired) electrons. The molecule has 4 N–H and O–H groups in total. The largest absolute Gasteiger partial charge is 0.398 e. The number of nitrogens with two attached hydrogens (primary N) is 1. The van der Waals surface area contributed by atoms with Crippen molar-refractivity contribution in [2.24, 2.45) is 0 Å². The van der Waals surface area contributed by atoms with Crippen molar-refractivity contribution < 1.29 is 13.2 Å². The lowest BCUT2D eigenvalue weighted by Crippen LogP contribution is -2.29. The van der Waals surface area contributed by atoms with Crippen molar-refractivity contribution >= 4 is 37.5 Å². The van der Waals surface area contributed by atoms with Crippen LogP contribution in [-0.4, -0.2) is 33.7 Å². The zero-order valence-electron chi connectivity index (χ0n) is 10.4. The van der Waals surface area contributed by atoms with Crippen LogP contribution in [0.15, 0.2) is 22.7 Å². The summed E-state index contributed by atoms with van der Waals surface area (Å²) in [5.74, 6) is -0.279. The predicted octanol–water partition coefficient (Wildman–Crippen LogP) is 0.700. The van der Waals surface area contributed by atoms with Gasteiger partial charge in [0.25, 0.3) is 5.91 Å². The van der Waals surface area contributed by atoms with Crippen LogP contribution in [-0.2, 0) is 10.0 Å². The van der Waals surface area contributed by atoms with Crippen molar-refractivity contribution in [2.75, 3.05) is 25.1 Å². The van der Waals surface area contributed by atoms with E-state index in [1.807, 2.05) is 0 Å². The van der Waals surface area contributed by atoms with Crippen LogP contribution in [0.1, 0.15) is 16.8 Å². The van der Waals surface area contributed by atoms with Gasteiger partial charge in [-0.05, 0) is 24.6 Å². The van der Waals surface area contributed by atoms with Crippen molar-refractivity contribution in [3.05, 3.63) is 28.2 Å². The Morgan fingerprint density at radius 2 is 2.05 bits per heavy atom. The Labute approximate surface area is 120 Å². The maximum atomic E-state index is 11.8. The Hall–Kier alpha value is -1.12. The Morgan fingerprint density at radius 1 is 1.37 bits per heavy atom. The number of amides is 1. The number of anilines is 1. The summed E-state index contributed by atoms with van der Waals surface area (Å²) < 4.78 is 24.7. The monoisotopic (exact) mass is 349 g/mol. The summed E-state index contributed by atoms with van der Waals surface area (Å²) in [7, 11) is -3.18. The van der Waals surface area contributed by atoms with Crippen LogP contribution in [0.4, 0.5) is 5.69 Å². The number of carbonyl (C=O) groups excluding carboxylic acids is 1. The van der Waals surface area contributed by atoms with E-state index < -0.39 is 10.0 Å². The maximum Gasteiger partial charge on any atom is 0.253 e. The molecule has 6 nitrogen and oxygen atoms in total. The molecule has 8 heteroatoms. The molecule has 1 aromatic rings. The molecule has 19 heavy (non-hydrogen) atoms. The van der Waals surface area contributed by atoms with Gasteiger partial charge in [-0.1, -0.05) is 15.9 Å². The second-order valence-corrected chi connectivity index (χ2v) is 6.76. The number of benzene rings is 1. The van der Waals surface area contributed by atoms with E-state index in [0.29, 0.717) is 24.2 Å². The second-order valence-electron chi connectivity index (χ2n) is 4.01. The van der Waals surface area contributed by atoms with Gasteiger partial charge in [-0.3, -0.25) is 4.79 Å². The first kappa shape index (κ1) is 15.9. The summed E-state index contributed by atoms with van der Waals surface area (Å²) in [5, 5.41) is 2.68. The minimum absolute atomic E-state index is 0.279. The van der Waals surface area contributed by atoms with Gasteiger partial charge in [0, 0.05) is 23.2 Å². The van der Waals surface area contributed by atoms with Gasteiger partial charge >= 0.3 is 0 Å². The third-order valence-corrected chi connectivity index (χ3v) is 3.49. The molecule has 1 amide bonds. The molecule has 0 aliphatic carbocycles. The van der Waals surface area contributed by atoms with E-state index in [4.69, 9.17) is 5.73 Å². The van der Waals surface area contributed by atoms with E-state index in [1.165, 1.54) is 0 Å². The topological polar surface area (TPSA) is 101 Å². The van der Waals surface area contributed by atoms with Gasteiger partial charge in [-0.2, -0.15) is 0 Å². The lowest BCUT2D eigenvalue weighted by atomic mass is 10.1. The molecule has 106 valence electrons. The smallest absolute Gasteiger partial charge is 0.253 e. The molecule has 1 aromatic carbocycles. The highest BCUT2D eigenvalue weighted by Gasteiger charge is 2.09. The molecule has 0 saturated heterocycles. The number of sulfonamides is 1. The van der Waals surface area contributed by atoms with Crippen LogP contribution in [0.25, 0.3) is 0 Å². The number of hydrogen-bond acceptors (Lipinski definition) is 4. The van der Waals surface area contributed by atoms with Crippen LogP contribution >= 0.6 is 15.9 Å². The Balaban J connectivity index is 2.42. The standard InChI is InChI=1S/C11H16BrN3O3S/c1-19(17,18)15-6-2-5-14-11(16)9-7-8(12)3-4-10(9)13/h3-4,7,15H,2,5-6,13H2,1H3,(H,14,16).